The van der Waals surface area contributed by atoms with Gasteiger partial charge in [-0.2, -0.15) is 4.99 Å². The summed E-state index contributed by atoms with van der Waals surface area (Å²) in [5, 5.41) is 3.20. The number of benzene rings is 3. The zero-order chi connectivity index (χ0) is 21.9. The van der Waals surface area contributed by atoms with Gasteiger partial charge in [0.1, 0.15) is 0 Å². The molecule has 1 aliphatic rings. The van der Waals surface area contributed by atoms with Crippen molar-refractivity contribution in [2.45, 2.75) is 0 Å². The molecule has 1 saturated heterocycles. The minimum atomic E-state index is -0.0947. The molecule has 0 aliphatic carbocycles. The van der Waals surface area contributed by atoms with Gasteiger partial charge in [-0.1, -0.05) is 76.6 Å². The van der Waals surface area contributed by atoms with Crippen molar-refractivity contribution in [3.05, 3.63) is 105 Å². The van der Waals surface area contributed by atoms with Gasteiger partial charge < -0.3 is 0 Å². The van der Waals surface area contributed by atoms with Crippen LogP contribution in [0.5, 0.6) is 0 Å². The van der Waals surface area contributed by atoms with Crippen molar-refractivity contribution in [1.29, 1.82) is 0 Å². The molecule has 0 bridgehead atoms. The molecule has 3 aromatic carbocycles. The third-order valence-electron chi connectivity index (χ3n) is 4.74. The summed E-state index contributed by atoms with van der Waals surface area (Å²) in [6, 6.07) is 27.4. The number of carbonyl (C=O) groups is 1. The number of thiazole rings is 1. The average Bonchev–Trinajstić information content (AvgIpc) is 3.41. The summed E-state index contributed by atoms with van der Waals surface area (Å²) >= 11 is 6.27. The van der Waals surface area contributed by atoms with Crippen LogP contribution in [0.3, 0.4) is 0 Å². The number of rotatable bonds is 4. The Bertz CT molecular complexity index is 1320. The minimum Gasteiger partial charge on any atom is -0.268 e. The maximum atomic E-state index is 13.3. The zero-order valence-electron chi connectivity index (χ0n) is 16.7. The first kappa shape index (κ1) is 20.9. The highest BCUT2D eigenvalue weighted by Crippen LogP contribution is 2.38. The maximum absolute atomic E-state index is 13.3. The highest BCUT2D eigenvalue weighted by atomic mass is 79.9. The molecule has 5 rings (SSSR count). The number of para-hydroxylation sites is 1. The molecule has 1 amide bonds. The summed E-state index contributed by atoms with van der Waals surface area (Å²) in [5.74, 6) is -0.0947. The fourth-order valence-electron chi connectivity index (χ4n) is 3.20. The Kier molecular flexibility index (Phi) is 6.03. The monoisotopic (exact) mass is 517 g/mol. The van der Waals surface area contributed by atoms with Crippen molar-refractivity contribution < 1.29 is 4.79 Å². The lowest BCUT2D eigenvalue weighted by atomic mass is 10.2. The molecule has 1 fully saturated rings. The van der Waals surface area contributed by atoms with Crippen LogP contribution in [-0.2, 0) is 4.79 Å². The molecule has 0 saturated carbocycles. The van der Waals surface area contributed by atoms with Crippen LogP contribution in [0.15, 0.2) is 105 Å². The van der Waals surface area contributed by atoms with Crippen molar-refractivity contribution in [2.75, 3.05) is 4.90 Å². The van der Waals surface area contributed by atoms with Gasteiger partial charge in [0, 0.05) is 15.4 Å². The van der Waals surface area contributed by atoms with E-state index < -0.39 is 0 Å². The molecule has 4 nitrogen and oxygen atoms in total. The highest BCUT2D eigenvalue weighted by Gasteiger charge is 2.35. The standard InChI is InChI=1S/C25H16BrN3OS2/c26-19-13-11-17(12-14-19)15-22-23(30)29(20-9-5-2-6-10-20)25(32-22)28-24-27-21(16-31-24)18-7-3-1-4-8-18/h1-16H/b22-15-,28-25+. The summed E-state index contributed by atoms with van der Waals surface area (Å²) in [6.45, 7) is 0. The van der Waals surface area contributed by atoms with Crippen molar-refractivity contribution in [3.8, 4) is 11.3 Å². The van der Waals surface area contributed by atoms with Crippen molar-refractivity contribution in [1.82, 2.24) is 4.98 Å². The van der Waals surface area contributed by atoms with Crippen LogP contribution in [0.4, 0.5) is 10.8 Å². The number of amidine groups is 1. The first-order chi connectivity index (χ1) is 15.7. The van der Waals surface area contributed by atoms with Gasteiger partial charge in [-0.05, 0) is 47.7 Å². The van der Waals surface area contributed by atoms with Crippen molar-refractivity contribution in [3.63, 3.8) is 0 Å². The number of hydrogen-bond donors (Lipinski definition) is 0. The predicted octanol–water partition coefficient (Wildman–Crippen LogP) is 7.38. The summed E-state index contributed by atoms with van der Waals surface area (Å²) in [4.78, 5) is 25.0. The Morgan fingerprint density at radius 3 is 2.31 bits per heavy atom. The predicted molar refractivity (Wildman–Crippen MR) is 138 cm³/mol. The quantitative estimate of drug-likeness (QED) is 0.265. The van der Waals surface area contributed by atoms with E-state index in [1.807, 2.05) is 96.4 Å². The molecule has 0 N–H and O–H groups in total. The topological polar surface area (TPSA) is 45.6 Å². The zero-order valence-corrected chi connectivity index (χ0v) is 19.9. The maximum Gasteiger partial charge on any atom is 0.271 e. The van der Waals surface area contributed by atoms with Gasteiger partial charge in [0.2, 0.25) is 5.13 Å². The van der Waals surface area contributed by atoms with Gasteiger partial charge in [-0.25, -0.2) is 4.98 Å². The smallest absolute Gasteiger partial charge is 0.268 e. The molecular weight excluding hydrogens is 502 g/mol. The number of hydrogen-bond acceptors (Lipinski definition) is 5. The molecule has 0 spiro atoms. The van der Waals surface area contributed by atoms with E-state index in [1.54, 1.807) is 4.90 Å². The molecule has 2 heterocycles. The van der Waals surface area contributed by atoms with E-state index in [0.29, 0.717) is 15.2 Å². The molecule has 0 unspecified atom stereocenters. The largest absolute Gasteiger partial charge is 0.271 e. The number of aromatic nitrogens is 1. The van der Waals surface area contributed by atoms with Crippen LogP contribution in [-0.4, -0.2) is 16.1 Å². The van der Waals surface area contributed by atoms with Crippen LogP contribution < -0.4 is 4.90 Å². The van der Waals surface area contributed by atoms with E-state index in [4.69, 9.17) is 4.99 Å². The Morgan fingerprint density at radius 1 is 0.906 bits per heavy atom. The van der Waals surface area contributed by atoms with Gasteiger partial charge in [-0.3, -0.25) is 9.69 Å². The average molecular weight is 518 g/mol. The van der Waals surface area contributed by atoms with Gasteiger partial charge in [0.05, 0.1) is 16.3 Å². The number of nitrogens with zero attached hydrogens (tertiary/aromatic N) is 3. The van der Waals surface area contributed by atoms with Crippen molar-refractivity contribution in [2.24, 2.45) is 4.99 Å². The Hall–Kier alpha value is -3.00. The fraction of sp³-hybridized carbons (Fsp3) is 0. The third-order valence-corrected chi connectivity index (χ3v) is 6.97. The molecule has 32 heavy (non-hydrogen) atoms. The third kappa shape index (κ3) is 4.46. The molecule has 1 aromatic heterocycles. The van der Waals surface area contributed by atoms with E-state index in [2.05, 4.69) is 20.9 Å². The van der Waals surface area contributed by atoms with Crippen LogP contribution in [0, 0.1) is 0 Å². The Labute approximate surface area is 202 Å². The normalized spacial score (nSPS) is 16.3. The summed E-state index contributed by atoms with van der Waals surface area (Å²) < 4.78 is 0.996. The second kappa shape index (κ2) is 9.24. The Morgan fingerprint density at radius 2 is 1.59 bits per heavy atom. The number of amides is 1. The number of thioether (sulfide) groups is 1. The van der Waals surface area contributed by atoms with E-state index in [0.717, 1.165) is 27.0 Å². The summed E-state index contributed by atoms with van der Waals surface area (Å²) in [5.41, 5.74) is 3.66. The van der Waals surface area contributed by atoms with Crippen LogP contribution >= 0.6 is 39.0 Å². The summed E-state index contributed by atoms with van der Waals surface area (Å²) in [6.07, 6.45) is 1.90. The van der Waals surface area contributed by atoms with Gasteiger partial charge in [-0.15, -0.1) is 11.3 Å². The number of anilines is 1. The van der Waals surface area contributed by atoms with E-state index in [1.165, 1.54) is 23.1 Å². The highest BCUT2D eigenvalue weighted by molar-refractivity contribution is 9.10. The first-order valence-electron chi connectivity index (χ1n) is 9.82. The van der Waals surface area contributed by atoms with Crippen LogP contribution in [0.2, 0.25) is 0 Å². The van der Waals surface area contributed by atoms with Gasteiger partial charge >= 0.3 is 0 Å². The molecule has 7 heteroatoms. The van der Waals surface area contributed by atoms with E-state index >= 15 is 0 Å². The van der Waals surface area contributed by atoms with Crippen molar-refractivity contribution >= 4 is 67.0 Å². The molecule has 0 atom stereocenters. The fourth-order valence-corrected chi connectivity index (χ4v) is 5.20. The van der Waals surface area contributed by atoms with Gasteiger partial charge in [0.15, 0.2) is 5.17 Å². The molecular formula is C25H16BrN3OS2. The van der Waals surface area contributed by atoms with Crippen LogP contribution in [0.25, 0.3) is 17.3 Å². The van der Waals surface area contributed by atoms with Crippen LogP contribution in [0.1, 0.15) is 5.56 Å². The Balaban J connectivity index is 1.52. The summed E-state index contributed by atoms with van der Waals surface area (Å²) in [7, 11) is 0. The second-order valence-corrected chi connectivity index (χ2v) is 9.68. The second-order valence-electron chi connectivity index (χ2n) is 6.91. The lowest BCUT2D eigenvalue weighted by molar-refractivity contribution is -0.113. The number of carbonyl (C=O) groups excluding carboxylic acids is 1. The number of aliphatic imine (C=N–C) groups is 1. The molecule has 4 aromatic rings. The van der Waals surface area contributed by atoms with E-state index in [-0.39, 0.29) is 5.91 Å². The number of halogens is 1. The molecule has 1 aliphatic heterocycles. The lowest BCUT2D eigenvalue weighted by Crippen LogP contribution is -2.28. The lowest BCUT2D eigenvalue weighted by Gasteiger charge is -2.14. The minimum absolute atomic E-state index is 0.0947. The van der Waals surface area contributed by atoms with Gasteiger partial charge in [0.25, 0.3) is 5.91 Å². The molecule has 156 valence electrons. The molecule has 0 radical (unpaired) electrons. The SMILES string of the molecule is O=C1/C(=C/c2ccc(Br)cc2)S/C(=N/c2nc(-c3ccccc3)cs2)N1c1ccccc1. The first-order valence-corrected chi connectivity index (χ1v) is 12.3. The van der Waals surface area contributed by atoms with E-state index in [9.17, 15) is 4.79 Å².